The van der Waals surface area contributed by atoms with E-state index in [4.69, 9.17) is 18.9 Å². The van der Waals surface area contributed by atoms with Crippen LogP contribution in [-0.4, -0.2) is 122 Å². The van der Waals surface area contributed by atoms with Crippen LogP contribution in [0.15, 0.2) is 0 Å². The maximum absolute atomic E-state index is 13.0. The molecule has 348 valence electrons. The number of unbranched alkanes of at least 4 members (excludes halogenated alkanes) is 26. The van der Waals surface area contributed by atoms with Gasteiger partial charge in [-0.3, -0.25) is 9.59 Å². The average molecular weight is 847 g/mol. The third kappa shape index (κ3) is 22.0. The van der Waals surface area contributed by atoms with Crippen molar-refractivity contribution in [2.24, 2.45) is 0 Å². The minimum Gasteiger partial charge on any atom is -0.463 e. The van der Waals surface area contributed by atoms with Gasteiger partial charge in [0.2, 0.25) is 0 Å². The third-order valence-corrected chi connectivity index (χ3v) is 12.1. The zero-order chi connectivity index (χ0) is 43.3. The minimum atomic E-state index is -1.89. The Morgan fingerprint density at radius 3 is 1.12 bits per heavy atom. The molecule has 0 amide bonds. The van der Waals surface area contributed by atoms with Crippen LogP contribution in [0.4, 0.5) is 0 Å². The standard InChI is InChI=1S/C46H86O13/c1-3-5-7-9-11-13-15-17-19-21-23-25-27-29-31-35(47)56-33-34-44(58-36(48)32-30-28-26-24-22-20-18-16-14-12-10-8-6-4-2)42(54)43(55)46(57-34)59-45-40(52)38(50)37(49)39(51)41(45)53/h34,37-46,49-55H,3-33H2,1-2H3. The highest BCUT2D eigenvalue weighted by Crippen LogP contribution is 2.31. The Labute approximate surface area is 355 Å². The van der Waals surface area contributed by atoms with E-state index in [1.54, 1.807) is 0 Å². The molecule has 0 radical (unpaired) electrons. The molecule has 13 heteroatoms. The number of esters is 2. The molecular weight excluding hydrogens is 760 g/mol. The summed E-state index contributed by atoms with van der Waals surface area (Å²) in [6, 6.07) is 0. The molecule has 1 aliphatic carbocycles. The van der Waals surface area contributed by atoms with Crippen LogP contribution >= 0.6 is 0 Å². The average Bonchev–Trinajstić information content (AvgIpc) is 3.23. The number of ether oxygens (including phenoxy) is 4. The molecule has 2 fully saturated rings. The Balaban J connectivity index is 1.80. The molecule has 0 aromatic rings. The molecule has 1 saturated carbocycles. The van der Waals surface area contributed by atoms with Crippen molar-refractivity contribution in [3.8, 4) is 0 Å². The maximum Gasteiger partial charge on any atom is 0.306 e. The molecule has 0 aromatic heterocycles. The van der Waals surface area contributed by atoms with Gasteiger partial charge in [-0.2, -0.15) is 0 Å². The molecule has 1 saturated heterocycles. The Kier molecular flexibility index (Phi) is 30.2. The first kappa shape index (κ1) is 53.7. The van der Waals surface area contributed by atoms with Crippen LogP contribution in [-0.2, 0) is 28.5 Å². The molecule has 1 aliphatic heterocycles. The van der Waals surface area contributed by atoms with Gasteiger partial charge >= 0.3 is 11.9 Å². The molecule has 9 atom stereocenters. The molecule has 2 rings (SSSR count). The summed E-state index contributed by atoms with van der Waals surface area (Å²) < 4.78 is 22.5. The number of hydrogen-bond acceptors (Lipinski definition) is 13. The van der Waals surface area contributed by atoms with E-state index in [0.717, 1.165) is 38.5 Å². The molecule has 2 aliphatic rings. The van der Waals surface area contributed by atoms with Crippen molar-refractivity contribution in [3.63, 3.8) is 0 Å². The summed E-state index contributed by atoms with van der Waals surface area (Å²) in [6.07, 6.45) is 13.9. The molecule has 0 bridgehead atoms. The van der Waals surface area contributed by atoms with Crippen molar-refractivity contribution in [3.05, 3.63) is 0 Å². The fourth-order valence-electron chi connectivity index (χ4n) is 8.20. The number of aliphatic hydroxyl groups is 7. The highest BCUT2D eigenvalue weighted by atomic mass is 16.7. The monoisotopic (exact) mass is 847 g/mol. The van der Waals surface area contributed by atoms with Crippen LogP contribution in [0.25, 0.3) is 0 Å². The number of carbonyl (C=O) groups excluding carboxylic acids is 2. The van der Waals surface area contributed by atoms with E-state index in [9.17, 15) is 45.3 Å². The Morgan fingerprint density at radius 1 is 0.407 bits per heavy atom. The number of hydrogen-bond donors (Lipinski definition) is 7. The first-order valence-electron chi connectivity index (χ1n) is 24.0. The first-order chi connectivity index (χ1) is 28.5. The van der Waals surface area contributed by atoms with Gasteiger partial charge in [-0.15, -0.1) is 0 Å². The predicted molar refractivity (Wildman–Crippen MR) is 226 cm³/mol. The normalized spacial score (nSPS) is 28.5. The summed E-state index contributed by atoms with van der Waals surface area (Å²) >= 11 is 0. The fourth-order valence-corrected chi connectivity index (χ4v) is 8.20. The predicted octanol–water partition coefficient (Wildman–Crippen LogP) is 6.83. The highest BCUT2D eigenvalue weighted by molar-refractivity contribution is 5.70. The number of carbonyl (C=O) groups is 2. The zero-order valence-electron chi connectivity index (χ0n) is 36.9. The van der Waals surface area contributed by atoms with E-state index in [2.05, 4.69) is 13.8 Å². The van der Waals surface area contributed by atoms with Crippen LogP contribution < -0.4 is 0 Å². The van der Waals surface area contributed by atoms with Crippen LogP contribution in [0, 0.1) is 0 Å². The van der Waals surface area contributed by atoms with Crippen molar-refractivity contribution in [1.82, 2.24) is 0 Å². The van der Waals surface area contributed by atoms with Gasteiger partial charge < -0.3 is 54.7 Å². The fraction of sp³-hybridized carbons (Fsp3) is 0.957. The third-order valence-electron chi connectivity index (χ3n) is 12.1. The van der Waals surface area contributed by atoms with E-state index in [0.29, 0.717) is 12.8 Å². The summed E-state index contributed by atoms with van der Waals surface area (Å²) in [6.45, 7) is 4.02. The summed E-state index contributed by atoms with van der Waals surface area (Å²) in [4.78, 5) is 25.7. The second-order valence-electron chi connectivity index (χ2n) is 17.4. The first-order valence-corrected chi connectivity index (χ1v) is 24.0. The second kappa shape index (κ2) is 33.2. The van der Waals surface area contributed by atoms with Gasteiger partial charge in [-0.25, -0.2) is 0 Å². The quantitative estimate of drug-likeness (QED) is 0.0258. The van der Waals surface area contributed by atoms with Crippen LogP contribution in [0.1, 0.15) is 206 Å². The molecule has 13 nitrogen and oxygen atoms in total. The van der Waals surface area contributed by atoms with Gasteiger partial charge in [-0.05, 0) is 12.8 Å². The summed E-state index contributed by atoms with van der Waals surface area (Å²) in [5.74, 6) is -1.11. The molecule has 1 heterocycles. The van der Waals surface area contributed by atoms with Crippen LogP contribution in [0.2, 0.25) is 0 Å². The van der Waals surface area contributed by atoms with E-state index in [-0.39, 0.29) is 12.8 Å². The lowest BCUT2D eigenvalue weighted by atomic mass is 9.84. The highest BCUT2D eigenvalue weighted by Gasteiger charge is 2.53. The van der Waals surface area contributed by atoms with Crippen molar-refractivity contribution in [1.29, 1.82) is 0 Å². The van der Waals surface area contributed by atoms with Crippen molar-refractivity contribution in [2.45, 2.75) is 274 Å². The minimum absolute atomic E-state index is 0.0848. The van der Waals surface area contributed by atoms with Gasteiger partial charge in [-0.1, -0.05) is 181 Å². The number of aliphatic hydroxyl groups excluding tert-OH is 7. The number of rotatable bonds is 35. The summed E-state index contributed by atoms with van der Waals surface area (Å²) in [5.41, 5.74) is 0. The lowest BCUT2D eigenvalue weighted by Gasteiger charge is -2.46. The van der Waals surface area contributed by atoms with Gasteiger partial charge in [0.05, 0.1) is 0 Å². The van der Waals surface area contributed by atoms with Gasteiger partial charge in [0.15, 0.2) is 12.4 Å². The van der Waals surface area contributed by atoms with E-state index in [1.165, 1.54) is 128 Å². The van der Waals surface area contributed by atoms with Crippen molar-refractivity contribution >= 4 is 11.9 Å². The summed E-state index contributed by atoms with van der Waals surface area (Å²) in [5, 5.41) is 73.4. The molecule has 59 heavy (non-hydrogen) atoms. The Hall–Kier alpha value is -1.42. The molecule has 0 spiro atoms. The SMILES string of the molecule is CCCCCCCCCCCCCCCCC(=O)OCC1OC(OC2C(O)C(O)C(O)C(O)C2O)C(O)C(O)C1OC(=O)CCCCCCCCCCCCCCCC. The largest absolute Gasteiger partial charge is 0.463 e. The van der Waals surface area contributed by atoms with Gasteiger partial charge in [0, 0.05) is 12.8 Å². The topological polar surface area (TPSA) is 213 Å². The smallest absolute Gasteiger partial charge is 0.306 e. The van der Waals surface area contributed by atoms with Crippen LogP contribution in [0.3, 0.4) is 0 Å². The van der Waals surface area contributed by atoms with Crippen molar-refractivity contribution in [2.75, 3.05) is 6.61 Å². The second-order valence-corrected chi connectivity index (χ2v) is 17.4. The molecule has 9 unspecified atom stereocenters. The lowest BCUT2D eigenvalue weighted by Crippen LogP contribution is -2.67. The molecule has 0 aromatic carbocycles. The zero-order valence-corrected chi connectivity index (χ0v) is 36.9. The van der Waals surface area contributed by atoms with Crippen LogP contribution in [0.5, 0.6) is 0 Å². The Morgan fingerprint density at radius 2 is 0.729 bits per heavy atom. The van der Waals surface area contributed by atoms with E-state index in [1.807, 2.05) is 0 Å². The van der Waals surface area contributed by atoms with Gasteiger partial charge in [0.25, 0.3) is 0 Å². The van der Waals surface area contributed by atoms with E-state index < -0.39 is 85.9 Å². The lowest BCUT2D eigenvalue weighted by molar-refractivity contribution is -0.340. The maximum atomic E-state index is 13.0. The molecular formula is C46H86O13. The van der Waals surface area contributed by atoms with Crippen molar-refractivity contribution < 1.29 is 64.3 Å². The molecule has 7 N–H and O–H groups in total. The summed E-state index contributed by atoms with van der Waals surface area (Å²) in [7, 11) is 0. The van der Waals surface area contributed by atoms with Gasteiger partial charge in [0.1, 0.15) is 61.5 Å². The Bertz CT molecular complexity index is 1030. The van der Waals surface area contributed by atoms with E-state index >= 15 is 0 Å².